The molecule has 102 valence electrons. The van der Waals surface area contributed by atoms with Gasteiger partial charge in [0.2, 0.25) is 11.8 Å². The monoisotopic (exact) mass is 254 g/mol. The highest BCUT2D eigenvalue weighted by atomic mass is 16.5. The average molecular weight is 254 g/mol. The van der Waals surface area contributed by atoms with Crippen molar-refractivity contribution in [2.75, 3.05) is 33.4 Å². The van der Waals surface area contributed by atoms with E-state index in [0.717, 1.165) is 38.8 Å². The lowest BCUT2D eigenvalue weighted by atomic mass is 9.85. The smallest absolute Gasteiger partial charge is 0.248 e. The van der Waals surface area contributed by atoms with Crippen molar-refractivity contribution in [1.29, 1.82) is 0 Å². The quantitative estimate of drug-likeness (QED) is 0.742. The van der Waals surface area contributed by atoms with E-state index < -0.39 is 5.54 Å². The molecule has 0 aromatic heterocycles. The zero-order valence-corrected chi connectivity index (χ0v) is 11.3. The van der Waals surface area contributed by atoms with Crippen LogP contribution in [0, 0.1) is 0 Å². The number of hydrogen-bond donors (Lipinski definition) is 0. The van der Waals surface area contributed by atoms with Gasteiger partial charge >= 0.3 is 0 Å². The Morgan fingerprint density at radius 2 is 2.00 bits per heavy atom. The zero-order chi connectivity index (χ0) is 13.2. The number of carbonyl (C=O) groups is 2. The molecule has 0 bridgehead atoms. The Morgan fingerprint density at radius 1 is 1.33 bits per heavy atom. The summed E-state index contributed by atoms with van der Waals surface area (Å²) in [5.74, 6) is 0.146. The van der Waals surface area contributed by atoms with Gasteiger partial charge in [0.1, 0.15) is 5.54 Å². The van der Waals surface area contributed by atoms with Crippen LogP contribution in [-0.4, -0.2) is 60.5 Å². The van der Waals surface area contributed by atoms with Gasteiger partial charge in [0.05, 0.1) is 6.61 Å². The lowest BCUT2D eigenvalue weighted by Gasteiger charge is -2.44. The van der Waals surface area contributed by atoms with Gasteiger partial charge in [-0.25, -0.2) is 0 Å². The first-order valence-corrected chi connectivity index (χ1v) is 6.68. The molecule has 2 heterocycles. The number of piperidine rings is 1. The number of carbonyl (C=O) groups excluding carboxylic acids is 2. The van der Waals surface area contributed by atoms with E-state index in [0.29, 0.717) is 13.2 Å². The Balaban J connectivity index is 2.16. The molecule has 2 fully saturated rings. The second-order valence-electron chi connectivity index (χ2n) is 5.19. The van der Waals surface area contributed by atoms with Crippen LogP contribution in [-0.2, 0) is 14.3 Å². The Labute approximate surface area is 108 Å². The Morgan fingerprint density at radius 3 is 2.61 bits per heavy atom. The number of nitrogens with zero attached hydrogens (tertiary/aromatic N) is 2. The third-order valence-corrected chi connectivity index (χ3v) is 4.14. The van der Waals surface area contributed by atoms with Crippen molar-refractivity contribution in [2.24, 2.45) is 0 Å². The fraction of sp³-hybridized carbons (Fsp3) is 0.846. The summed E-state index contributed by atoms with van der Waals surface area (Å²) >= 11 is 0. The van der Waals surface area contributed by atoms with Crippen LogP contribution in [0.1, 0.15) is 32.6 Å². The van der Waals surface area contributed by atoms with Crippen molar-refractivity contribution in [1.82, 2.24) is 9.80 Å². The van der Waals surface area contributed by atoms with Gasteiger partial charge in [0.25, 0.3) is 0 Å². The van der Waals surface area contributed by atoms with Crippen LogP contribution >= 0.6 is 0 Å². The minimum Gasteiger partial charge on any atom is -0.383 e. The highest BCUT2D eigenvalue weighted by Crippen LogP contribution is 2.38. The van der Waals surface area contributed by atoms with E-state index in [1.807, 2.05) is 4.90 Å². The van der Waals surface area contributed by atoms with Gasteiger partial charge in [-0.05, 0) is 25.7 Å². The molecule has 5 heteroatoms. The number of likely N-dealkylation sites (tertiary alicyclic amines) is 2. The third-order valence-electron chi connectivity index (χ3n) is 4.14. The van der Waals surface area contributed by atoms with E-state index in [2.05, 4.69) is 0 Å². The third kappa shape index (κ3) is 2.11. The van der Waals surface area contributed by atoms with Crippen LogP contribution in [0.4, 0.5) is 0 Å². The van der Waals surface area contributed by atoms with Crippen molar-refractivity contribution in [3.8, 4) is 0 Å². The first-order valence-electron chi connectivity index (χ1n) is 6.68. The van der Waals surface area contributed by atoms with E-state index in [1.165, 1.54) is 0 Å². The van der Waals surface area contributed by atoms with Crippen LogP contribution in [0.25, 0.3) is 0 Å². The second kappa shape index (κ2) is 5.26. The van der Waals surface area contributed by atoms with Gasteiger partial charge in [-0.3, -0.25) is 9.59 Å². The van der Waals surface area contributed by atoms with E-state index in [1.54, 1.807) is 18.9 Å². The summed E-state index contributed by atoms with van der Waals surface area (Å²) < 4.78 is 5.04. The molecule has 0 aliphatic carbocycles. The van der Waals surface area contributed by atoms with Crippen molar-refractivity contribution in [3.05, 3.63) is 0 Å². The molecular weight excluding hydrogens is 232 g/mol. The van der Waals surface area contributed by atoms with Crippen LogP contribution in [0.3, 0.4) is 0 Å². The zero-order valence-electron chi connectivity index (χ0n) is 11.3. The van der Waals surface area contributed by atoms with Gasteiger partial charge in [-0.1, -0.05) is 0 Å². The summed E-state index contributed by atoms with van der Waals surface area (Å²) in [6.07, 6.45) is 3.53. The van der Waals surface area contributed by atoms with Crippen LogP contribution < -0.4 is 0 Å². The maximum Gasteiger partial charge on any atom is 0.248 e. The minimum absolute atomic E-state index is 0.0226. The largest absolute Gasteiger partial charge is 0.383 e. The molecule has 2 aliphatic rings. The topological polar surface area (TPSA) is 49.9 Å². The molecule has 0 aromatic rings. The van der Waals surface area contributed by atoms with Gasteiger partial charge in [0, 0.05) is 33.7 Å². The lowest BCUT2D eigenvalue weighted by Crippen LogP contribution is -2.61. The molecule has 18 heavy (non-hydrogen) atoms. The first-order chi connectivity index (χ1) is 8.62. The maximum atomic E-state index is 12.6. The highest BCUT2D eigenvalue weighted by molar-refractivity contribution is 5.92. The van der Waals surface area contributed by atoms with Crippen molar-refractivity contribution in [2.45, 2.75) is 38.1 Å². The molecule has 2 saturated heterocycles. The number of ether oxygens (including phenoxy) is 1. The van der Waals surface area contributed by atoms with Gasteiger partial charge in [-0.2, -0.15) is 0 Å². The van der Waals surface area contributed by atoms with E-state index in [4.69, 9.17) is 4.74 Å². The molecule has 2 aliphatic heterocycles. The van der Waals surface area contributed by atoms with Crippen molar-refractivity contribution in [3.63, 3.8) is 0 Å². The van der Waals surface area contributed by atoms with E-state index in [9.17, 15) is 9.59 Å². The van der Waals surface area contributed by atoms with Crippen molar-refractivity contribution < 1.29 is 14.3 Å². The van der Waals surface area contributed by atoms with E-state index >= 15 is 0 Å². The maximum absolute atomic E-state index is 12.6. The molecule has 0 N–H and O–H groups in total. The highest BCUT2D eigenvalue weighted by Gasteiger charge is 2.51. The lowest BCUT2D eigenvalue weighted by molar-refractivity contribution is -0.154. The van der Waals surface area contributed by atoms with Crippen LogP contribution in [0.5, 0.6) is 0 Å². The van der Waals surface area contributed by atoms with Crippen molar-refractivity contribution >= 4 is 11.8 Å². The van der Waals surface area contributed by atoms with Crippen LogP contribution in [0.15, 0.2) is 0 Å². The predicted molar refractivity (Wildman–Crippen MR) is 67.0 cm³/mol. The normalized spacial score (nSPS) is 28.2. The number of rotatable bonds is 3. The minimum atomic E-state index is -0.544. The molecule has 0 saturated carbocycles. The van der Waals surface area contributed by atoms with Gasteiger partial charge in [-0.15, -0.1) is 0 Å². The standard InChI is InChI=1S/C13H22N2O3/c1-11(16)15-8-4-6-13(15)5-3-7-14(12(13)17)9-10-18-2/h3-10H2,1-2H3. The Kier molecular flexibility index (Phi) is 3.90. The summed E-state index contributed by atoms with van der Waals surface area (Å²) in [6, 6.07) is 0. The second-order valence-corrected chi connectivity index (χ2v) is 5.19. The molecule has 5 nitrogen and oxygen atoms in total. The average Bonchev–Trinajstić information content (AvgIpc) is 2.76. The summed E-state index contributed by atoms with van der Waals surface area (Å²) in [5, 5.41) is 0. The first kappa shape index (κ1) is 13.3. The number of methoxy groups -OCH3 is 1. The fourth-order valence-electron chi connectivity index (χ4n) is 3.30. The molecule has 1 unspecified atom stereocenters. The predicted octanol–water partition coefficient (Wildman–Crippen LogP) is 0.636. The number of hydrogen-bond acceptors (Lipinski definition) is 3. The van der Waals surface area contributed by atoms with Gasteiger partial charge < -0.3 is 14.5 Å². The Hall–Kier alpha value is -1.10. The fourth-order valence-corrected chi connectivity index (χ4v) is 3.30. The Bertz CT molecular complexity index is 345. The molecule has 0 radical (unpaired) electrons. The summed E-state index contributed by atoms with van der Waals surface area (Å²) in [7, 11) is 1.64. The number of amides is 2. The van der Waals surface area contributed by atoms with Gasteiger partial charge in [0.15, 0.2) is 0 Å². The van der Waals surface area contributed by atoms with Crippen LogP contribution in [0.2, 0.25) is 0 Å². The summed E-state index contributed by atoms with van der Waals surface area (Å²) in [4.78, 5) is 28.0. The molecule has 0 aromatic carbocycles. The molecule has 1 atom stereocenters. The SMILES string of the molecule is COCCN1CCCC2(CCCN2C(C)=O)C1=O. The molecule has 2 amide bonds. The summed E-state index contributed by atoms with van der Waals surface area (Å²) in [5.41, 5.74) is -0.544. The van der Waals surface area contributed by atoms with E-state index in [-0.39, 0.29) is 11.8 Å². The summed E-state index contributed by atoms with van der Waals surface area (Å²) in [6.45, 7) is 4.26. The molecule has 1 spiro atoms. The molecule has 2 rings (SSSR count). The molecular formula is C13H22N2O3.